The van der Waals surface area contributed by atoms with Gasteiger partial charge in [-0.25, -0.2) is 0 Å². The predicted octanol–water partition coefficient (Wildman–Crippen LogP) is 2.72. The Bertz CT molecular complexity index is 754. The van der Waals surface area contributed by atoms with E-state index in [1.807, 2.05) is 11.5 Å². The summed E-state index contributed by atoms with van der Waals surface area (Å²) in [5.74, 6) is 0.898. The summed E-state index contributed by atoms with van der Waals surface area (Å²) in [6.07, 6.45) is 4.35. The van der Waals surface area contributed by atoms with Crippen LogP contribution in [0.3, 0.4) is 0 Å². The highest BCUT2D eigenvalue weighted by Gasteiger charge is 2.24. The standard InChI is InChI=1S/C19H32N6O2/c1-5-7-13(3)27-18-22-16(20)15-17(23-18)25(19(21-15)26-4)12-14-8-10-24(6-2)11-9-14/h13-14H,5-12H2,1-4H3,(H2,20,22,23). The summed E-state index contributed by atoms with van der Waals surface area (Å²) < 4.78 is 13.4. The van der Waals surface area contributed by atoms with Crippen LogP contribution in [0.5, 0.6) is 12.0 Å². The van der Waals surface area contributed by atoms with Crippen molar-refractivity contribution in [2.75, 3.05) is 32.5 Å². The number of nitrogen functional groups attached to an aromatic ring is 1. The number of aromatic nitrogens is 4. The predicted molar refractivity (Wildman–Crippen MR) is 106 cm³/mol. The van der Waals surface area contributed by atoms with Crippen molar-refractivity contribution in [2.24, 2.45) is 5.92 Å². The van der Waals surface area contributed by atoms with Crippen molar-refractivity contribution in [1.29, 1.82) is 0 Å². The molecule has 2 N–H and O–H groups in total. The summed E-state index contributed by atoms with van der Waals surface area (Å²) in [7, 11) is 1.63. The Morgan fingerprint density at radius 1 is 1.19 bits per heavy atom. The Hall–Kier alpha value is -2.09. The maximum absolute atomic E-state index is 6.14. The molecule has 1 fully saturated rings. The molecule has 1 aliphatic heterocycles. The first kappa shape index (κ1) is 19.7. The van der Waals surface area contributed by atoms with Crippen LogP contribution in [0.4, 0.5) is 5.82 Å². The van der Waals surface area contributed by atoms with Crippen LogP contribution < -0.4 is 15.2 Å². The van der Waals surface area contributed by atoms with Crippen molar-refractivity contribution < 1.29 is 9.47 Å². The van der Waals surface area contributed by atoms with E-state index < -0.39 is 0 Å². The minimum absolute atomic E-state index is 0.0449. The molecule has 0 bridgehead atoms. The van der Waals surface area contributed by atoms with Gasteiger partial charge in [-0.1, -0.05) is 20.3 Å². The Kier molecular flexibility index (Phi) is 6.36. The lowest BCUT2D eigenvalue weighted by atomic mass is 9.97. The van der Waals surface area contributed by atoms with Gasteiger partial charge in [0.2, 0.25) is 0 Å². The normalized spacial score (nSPS) is 17.3. The van der Waals surface area contributed by atoms with Crippen molar-refractivity contribution >= 4 is 17.0 Å². The molecule has 1 atom stereocenters. The molecule has 8 nitrogen and oxygen atoms in total. The summed E-state index contributed by atoms with van der Waals surface area (Å²) in [6, 6.07) is 0.841. The van der Waals surface area contributed by atoms with Crippen molar-refractivity contribution in [2.45, 2.75) is 59.1 Å². The molecule has 27 heavy (non-hydrogen) atoms. The zero-order valence-corrected chi connectivity index (χ0v) is 16.9. The molecule has 1 unspecified atom stereocenters. The van der Waals surface area contributed by atoms with Gasteiger partial charge in [-0.15, -0.1) is 0 Å². The lowest BCUT2D eigenvalue weighted by Crippen LogP contribution is -2.34. The maximum Gasteiger partial charge on any atom is 0.320 e. The topological polar surface area (TPSA) is 91.3 Å². The highest BCUT2D eigenvalue weighted by Crippen LogP contribution is 2.29. The van der Waals surface area contributed by atoms with Gasteiger partial charge in [0.15, 0.2) is 17.0 Å². The summed E-state index contributed by atoms with van der Waals surface area (Å²) in [5, 5.41) is 0. The third-order valence-corrected chi connectivity index (χ3v) is 5.35. The molecule has 150 valence electrons. The van der Waals surface area contributed by atoms with E-state index in [2.05, 4.69) is 33.7 Å². The Labute approximate surface area is 161 Å². The average Bonchev–Trinajstić information content (AvgIpc) is 3.01. The number of likely N-dealkylation sites (tertiary alicyclic amines) is 1. The van der Waals surface area contributed by atoms with E-state index in [-0.39, 0.29) is 6.10 Å². The molecule has 0 spiro atoms. The second-order valence-electron chi connectivity index (χ2n) is 7.37. The summed E-state index contributed by atoms with van der Waals surface area (Å²) in [6.45, 7) is 10.6. The first-order valence-corrected chi connectivity index (χ1v) is 10.0. The van der Waals surface area contributed by atoms with Crippen molar-refractivity contribution in [3.8, 4) is 12.0 Å². The smallest absolute Gasteiger partial charge is 0.320 e. The molecule has 2 aromatic heterocycles. The number of imidazole rings is 1. The summed E-state index contributed by atoms with van der Waals surface area (Å²) >= 11 is 0. The van der Waals surface area contributed by atoms with Gasteiger partial charge >= 0.3 is 6.01 Å². The molecule has 3 rings (SSSR count). The third-order valence-electron chi connectivity index (χ3n) is 5.35. The van der Waals surface area contributed by atoms with Gasteiger partial charge in [0.25, 0.3) is 6.01 Å². The minimum atomic E-state index is 0.0449. The summed E-state index contributed by atoms with van der Waals surface area (Å²) in [5.41, 5.74) is 7.41. The molecule has 0 radical (unpaired) electrons. The molecule has 2 aromatic rings. The van der Waals surface area contributed by atoms with Gasteiger partial charge in [0, 0.05) is 6.54 Å². The van der Waals surface area contributed by atoms with Crippen molar-refractivity contribution in [3.05, 3.63) is 0 Å². The van der Waals surface area contributed by atoms with Crippen LogP contribution in [0, 0.1) is 5.92 Å². The van der Waals surface area contributed by atoms with Crippen molar-refractivity contribution in [1.82, 2.24) is 24.4 Å². The van der Waals surface area contributed by atoms with Gasteiger partial charge < -0.3 is 20.1 Å². The third kappa shape index (κ3) is 4.43. The van der Waals surface area contributed by atoms with E-state index in [1.54, 1.807) is 7.11 Å². The van der Waals surface area contributed by atoms with Crippen LogP contribution in [0.25, 0.3) is 11.2 Å². The van der Waals surface area contributed by atoms with Gasteiger partial charge in [0.05, 0.1) is 13.2 Å². The monoisotopic (exact) mass is 376 g/mol. The lowest BCUT2D eigenvalue weighted by molar-refractivity contribution is 0.178. The fraction of sp³-hybridized carbons (Fsp3) is 0.737. The number of piperidine rings is 1. The number of hydrogen-bond acceptors (Lipinski definition) is 7. The second kappa shape index (κ2) is 8.73. The fourth-order valence-electron chi connectivity index (χ4n) is 3.74. The molecule has 3 heterocycles. The largest absolute Gasteiger partial charge is 0.468 e. The fourth-order valence-corrected chi connectivity index (χ4v) is 3.74. The Morgan fingerprint density at radius 3 is 2.56 bits per heavy atom. The molecule has 0 aliphatic carbocycles. The van der Waals surface area contributed by atoms with E-state index >= 15 is 0 Å². The number of nitrogens with zero attached hydrogens (tertiary/aromatic N) is 5. The average molecular weight is 377 g/mol. The van der Waals surface area contributed by atoms with Crippen LogP contribution in [0.2, 0.25) is 0 Å². The number of rotatable bonds is 8. The van der Waals surface area contributed by atoms with Crippen molar-refractivity contribution in [3.63, 3.8) is 0 Å². The number of fused-ring (bicyclic) bond motifs is 1. The highest BCUT2D eigenvalue weighted by atomic mass is 16.5. The van der Waals surface area contributed by atoms with E-state index in [4.69, 9.17) is 15.2 Å². The lowest BCUT2D eigenvalue weighted by Gasteiger charge is -2.31. The zero-order chi connectivity index (χ0) is 19.4. The van der Waals surface area contributed by atoms with Crippen LogP contribution in [0.1, 0.15) is 46.5 Å². The number of nitrogens with two attached hydrogens (primary N) is 1. The molecular weight excluding hydrogens is 344 g/mol. The Morgan fingerprint density at radius 2 is 1.93 bits per heavy atom. The molecule has 1 saturated heterocycles. The van der Waals surface area contributed by atoms with E-state index in [0.717, 1.165) is 51.9 Å². The van der Waals surface area contributed by atoms with Gasteiger partial charge in [-0.3, -0.25) is 4.57 Å². The van der Waals surface area contributed by atoms with E-state index in [9.17, 15) is 0 Å². The van der Waals surface area contributed by atoms with Gasteiger partial charge in [0.1, 0.15) is 0 Å². The summed E-state index contributed by atoms with van der Waals surface area (Å²) in [4.78, 5) is 15.9. The van der Waals surface area contributed by atoms with Crippen LogP contribution >= 0.6 is 0 Å². The SMILES string of the molecule is CCCC(C)Oc1nc(N)c2nc(OC)n(CC3CCN(CC)CC3)c2n1. The maximum atomic E-state index is 6.14. The van der Waals surface area contributed by atoms with Gasteiger partial charge in [-0.05, 0) is 51.7 Å². The van der Waals surface area contributed by atoms with Gasteiger partial charge in [-0.2, -0.15) is 15.0 Å². The molecule has 0 saturated carbocycles. The number of hydrogen-bond donors (Lipinski definition) is 1. The molecule has 8 heteroatoms. The van der Waals surface area contributed by atoms with E-state index in [0.29, 0.717) is 34.9 Å². The minimum Gasteiger partial charge on any atom is -0.468 e. The zero-order valence-electron chi connectivity index (χ0n) is 16.9. The second-order valence-corrected chi connectivity index (χ2v) is 7.37. The Balaban J connectivity index is 1.87. The van der Waals surface area contributed by atoms with Crippen LogP contribution in [-0.4, -0.2) is 57.3 Å². The molecule has 0 aromatic carbocycles. The highest BCUT2D eigenvalue weighted by molar-refractivity contribution is 5.83. The molecule has 0 amide bonds. The van der Waals surface area contributed by atoms with E-state index in [1.165, 1.54) is 0 Å². The molecular formula is C19H32N6O2. The number of ether oxygens (including phenoxy) is 2. The first-order valence-electron chi connectivity index (χ1n) is 10.0. The number of anilines is 1. The van der Waals surface area contributed by atoms with Crippen LogP contribution in [0.15, 0.2) is 0 Å². The number of methoxy groups -OCH3 is 1. The van der Waals surface area contributed by atoms with Crippen LogP contribution in [-0.2, 0) is 6.54 Å². The quantitative estimate of drug-likeness (QED) is 0.757. The first-order chi connectivity index (χ1) is 13.0. The molecule has 1 aliphatic rings.